The first-order valence-corrected chi connectivity index (χ1v) is 10.1. The molecule has 0 radical (unpaired) electrons. The Morgan fingerprint density at radius 2 is 2.03 bits per heavy atom. The third-order valence-electron chi connectivity index (χ3n) is 4.73. The van der Waals surface area contributed by atoms with Gasteiger partial charge in [-0.3, -0.25) is 14.4 Å². The van der Waals surface area contributed by atoms with E-state index in [0.717, 1.165) is 5.56 Å². The third kappa shape index (κ3) is 8.07. The van der Waals surface area contributed by atoms with E-state index < -0.39 is 12.0 Å². The number of ether oxygens (including phenoxy) is 1. The van der Waals surface area contributed by atoms with E-state index in [1.807, 2.05) is 42.5 Å². The van der Waals surface area contributed by atoms with Crippen LogP contribution < -0.4 is 10.6 Å². The zero-order valence-electron chi connectivity index (χ0n) is 16.8. The summed E-state index contributed by atoms with van der Waals surface area (Å²) in [6.07, 6.45) is 5.36. The van der Waals surface area contributed by atoms with E-state index in [0.29, 0.717) is 25.7 Å². The second-order valence-electron chi connectivity index (χ2n) is 7.29. The first-order chi connectivity index (χ1) is 14.0. The highest BCUT2D eigenvalue weighted by molar-refractivity contribution is 5.86. The van der Waals surface area contributed by atoms with Gasteiger partial charge in [-0.1, -0.05) is 42.5 Å². The predicted octanol–water partition coefficient (Wildman–Crippen LogP) is 2.02. The van der Waals surface area contributed by atoms with Crippen LogP contribution in [0, 0.1) is 5.92 Å². The molecule has 3 atom stereocenters. The Bertz CT molecular complexity index is 704. The number of cyclic esters (lactones) is 1. The molecule has 3 N–H and O–H groups in total. The van der Waals surface area contributed by atoms with E-state index in [1.54, 1.807) is 6.92 Å². The predicted molar refractivity (Wildman–Crippen MR) is 109 cm³/mol. The van der Waals surface area contributed by atoms with Crippen molar-refractivity contribution in [2.24, 2.45) is 5.92 Å². The molecule has 1 heterocycles. The number of esters is 1. The fourth-order valence-electron chi connectivity index (χ4n) is 3.08. The topological polar surface area (TPSA) is 105 Å². The normalized spacial score (nSPS) is 22.3. The maximum absolute atomic E-state index is 12.8. The quantitative estimate of drug-likeness (QED) is 0.516. The van der Waals surface area contributed by atoms with Crippen molar-refractivity contribution >= 4 is 17.8 Å². The van der Waals surface area contributed by atoms with E-state index in [-0.39, 0.29) is 43.4 Å². The largest absolute Gasteiger partial charge is 0.456 e. The van der Waals surface area contributed by atoms with E-state index in [1.165, 1.54) is 0 Å². The molecule has 3 unspecified atom stereocenters. The van der Waals surface area contributed by atoms with Crippen molar-refractivity contribution < 1.29 is 24.2 Å². The lowest BCUT2D eigenvalue weighted by molar-refractivity contribution is -0.150. The summed E-state index contributed by atoms with van der Waals surface area (Å²) in [7, 11) is 0. The first-order valence-electron chi connectivity index (χ1n) is 10.1. The molecule has 0 bridgehead atoms. The van der Waals surface area contributed by atoms with Gasteiger partial charge in [-0.05, 0) is 31.7 Å². The smallest absolute Gasteiger partial charge is 0.306 e. The summed E-state index contributed by atoms with van der Waals surface area (Å²) in [5, 5.41) is 14.6. The summed E-state index contributed by atoms with van der Waals surface area (Å²) < 4.78 is 5.60. The molecule has 0 saturated heterocycles. The zero-order valence-corrected chi connectivity index (χ0v) is 16.8. The molecule has 2 amide bonds. The van der Waals surface area contributed by atoms with Crippen LogP contribution in [0.15, 0.2) is 42.5 Å². The van der Waals surface area contributed by atoms with Crippen molar-refractivity contribution in [2.45, 2.75) is 51.2 Å². The molecular weight excluding hydrogens is 372 g/mol. The average Bonchev–Trinajstić information content (AvgIpc) is 2.73. The molecule has 0 aliphatic carbocycles. The Labute approximate surface area is 171 Å². The lowest BCUT2D eigenvalue weighted by atomic mass is 9.98. The van der Waals surface area contributed by atoms with Crippen molar-refractivity contribution in [1.29, 1.82) is 0 Å². The number of hydrogen-bond acceptors (Lipinski definition) is 5. The number of hydrogen-bond donors (Lipinski definition) is 3. The van der Waals surface area contributed by atoms with Gasteiger partial charge in [0, 0.05) is 18.9 Å². The lowest BCUT2D eigenvalue weighted by Gasteiger charge is -2.21. The van der Waals surface area contributed by atoms with Gasteiger partial charge >= 0.3 is 5.97 Å². The van der Waals surface area contributed by atoms with Crippen LogP contribution in [0.4, 0.5) is 0 Å². The second-order valence-corrected chi connectivity index (χ2v) is 7.29. The number of rotatable bonds is 5. The maximum atomic E-state index is 12.8. The fourth-order valence-corrected chi connectivity index (χ4v) is 3.08. The Morgan fingerprint density at radius 1 is 1.28 bits per heavy atom. The Hall–Kier alpha value is -2.67. The summed E-state index contributed by atoms with van der Waals surface area (Å²) in [6, 6.07) is 8.92. The summed E-state index contributed by atoms with van der Waals surface area (Å²) in [5.41, 5.74) is 0.806. The molecule has 1 aliphatic rings. The number of carbonyl (C=O) groups excluding carboxylic acids is 3. The van der Waals surface area contributed by atoms with E-state index in [2.05, 4.69) is 10.6 Å². The minimum atomic E-state index is -0.578. The molecule has 0 spiro atoms. The molecule has 0 aromatic heterocycles. The number of carbonyl (C=O) groups is 3. The monoisotopic (exact) mass is 402 g/mol. The number of aliphatic hydroxyl groups excluding tert-OH is 1. The number of allylic oxidation sites excluding steroid dienone is 2. The van der Waals surface area contributed by atoms with Crippen molar-refractivity contribution in [1.82, 2.24) is 10.6 Å². The molecule has 7 nitrogen and oxygen atoms in total. The van der Waals surface area contributed by atoms with Crippen molar-refractivity contribution in [3.8, 4) is 0 Å². The fraction of sp³-hybridized carbons (Fsp3) is 0.500. The first kappa shape index (κ1) is 22.6. The minimum Gasteiger partial charge on any atom is -0.456 e. The Morgan fingerprint density at radius 3 is 2.76 bits per heavy atom. The van der Waals surface area contributed by atoms with Gasteiger partial charge in [0.05, 0.1) is 19.1 Å². The van der Waals surface area contributed by atoms with Crippen LogP contribution in [-0.4, -0.2) is 42.1 Å². The van der Waals surface area contributed by atoms with Crippen LogP contribution >= 0.6 is 0 Å². The van der Waals surface area contributed by atoms with Gasteiger partial charge < -0.3 is 20.5 Å². The number of nitrogens with one attached hydrogen (secondary N) is 2. The highest BCUT2D eigenvalue weighted by Gasteiger charge is 2.24. The summed E-state index contributed by atoms with van der Waals surface area (Å²) in [6.45, 7) is 1.68. The van der Waals surface area contributed by atoms with Gasteiger partial charge in [-0.15, -0.1) is 0 Å². The van der Waals surface area contributed by atoms with Crippen LogP contribution in [0.2, 0.25) is 0 Å². The van der Waals surface area contributed by atoms with Gasteiger partial charge in [0.2, 0.25) is 11.8 Å². The minimum absolute atomic E-state index is 0.0241. The molecular formula is C22H30N2O5. The zero-order chi connectivity index (χ0) is 21.1. The van der Waals surface area contributed by atoms with Crippen molar-refractivity contribution in [3.05, 3.63) is 48.0 Å². The molecule has 7 heteroatoms. The highest BCUT2D eigenvalue weighted by Crippen LogP contribution is 2.19. The van der Waals surface area contributed by atoms with Crippen LogP contribution in [0.25, 0.3) is 0 Å². The van der Waals surface area contributed by atoms with E-state index >= 15 is 0 Å². The van der Waals surface area contributed by atoms with Crippen LogP contribution in [0.5, 0.6) is 0 Å². The van der Waals surface area contributed by atoms with Crippen molar-refractivity contribution in [3.63, 3.8) is 0 Å². The molecule has 1 aromatic carbocycles. The van der Waals surface area contributed by atoms with Gasteiger partial charge in [0.25, 0.3) is 0 Å². The molecule has 29 heavy (non-hydrogen) atoms. The molecule has 2 rings (SSSR count). The summed E-state index contributed by atoms with van der Waals surface area (Å²) >= 11 is 0. The van der Waals surface area contributed by atoms with E-state index in [9.17, 15) is 14.4 Å². The maximum Gasteiger partial charge on any atom is 0.306 e. The third-order valence-corrected chi connectivity index (χ3v) is 4.73. The molecule has 0 fully saturated rings. The lowest BCUT2D eigenvalue weighted by Crippen LogP contribution is -2.40. The van der Waals surface area contributed by atoms with Crippen molar-refractivity contribution in [2.75, 3.05) is 13.2 Å². The summed E-state index contributed by atoms with van der Waals surface area (Å²) in [4.78, 5) is 37.1. The number of amides is 2. The van der Waals surface area contributed by atoms with Gasteiger partial charge in [0.1, 0.15) is 6.10 Å². The Kier molecular flexibility index (Phi) is 9.37. The number of benzene rings is 1. The standard InChI is InChI=1S/C22H30N2O5/c1-16(15-25)24-20(26)13-18-11-5-2-3-8-12-21(27)29-19(14-23-22(18)28)17-9-6-4-7-10-17/h2,4-7,9-10,16,18-19,25H,3,8,11-15H2,1H3,(H,23,28)(H,24,26). The average molecular weight is 402 g/mol. The van der Waals surface area contributed by atoms with Crippen LogP contribution in [0.3, 0.4) is 0 Å². The second kappa shape index (κ2) is 12.0. The van der Waals surface area contributed by atoms with Gasteiger partial charge in [-0.25, -0.2) is 0 Å². The molecule has 0 saturated carbocycles. The SMILES string of the molecule is CC(CO)NC(=O)CC1CC=CCCCC(=O)OC(c2ccccc2)CNC1=O. The molecule has 158 valence electrons. The summed E-state index contributed by atoms with van der Waals surface area (Å²) in [5.74, 6) is -1.38. The van der Waals surface area contributed by atoms with Crippen LogP contribution in [0.1, 0.15) is 50.7 Å². The molecule has 1 aliphatic heterocycles. The number of aliphatic hydroxyl groups is 1. The Balaban J connectivity index is 2.10. The van der Waals surface area contributed by atoms with E-state index in [4.69, 9.17) is 9.84 Å². The highest BCUT2D eigenvalue weighted by atomic mass is 16.5. The van der Waals surface area contributed by atoms with Crippen LogP contribution in [-0.2, 0) is 19.1 Å². The molecule has 1 aromatic rings. The van der Waals surface area contributed by atoms with Gasteiger partial charge in [-0.2, -0.15) is 0 Å². The van der Waals surface area contributed by atoms with Gasteiger partial charge in [0.15, 0.2) is 0 Å².